The van der Waals surface area contributed by atoms with Gasteiger partial charge in [-0.15, -0.1) is 0 Å². The van der Waals surface area contributed by atoms with Gasteiger partial charge in [-0.2, -0.15) is 0 Å². The van der Waals surface area contributed by atoms with Crippen LogP contribution in [-0.4, -0.2) is 41.6 Å². The summed E-state index contributed by atoms with van der Waals surface area (Å²) in [5, 5.41) is 3.51. The van der Waals surface area contributed by atoms with Gasteiger partial charge in [-0.1, -0.05) is 20.8 Å². The van der Waals surface area contributed by atoms with E-state index in [1.54, 1.807) is 6.20 Å². The maximum absolute atomic E-state index is 5.79. The maximum Gasteiger partial charge on any atom is 0.123 e. The Balaban J connectivity index is 2.97. The van der Waals surface area contributed by atoms with Crippen molar-refractivity contribution in [2.75, 3.05) is 25.9 Å². The van der Waals surface area contributed by atoms with E-state index in [4.69, 9.17) is 5.73 Å². The molecule has 0 aliphatic carbocycles. The molecular formula is C16H30N4. The Morgan fingerprint density at radius 1 is 1.35 bits per heavy atom. The Labute approximate surface area is 123 Å². The third-order valence-electron chi connectivity index (χ3n) is 4.59. The molecule has 0 radical (unpaired) electrons. The van der Waals surface area contributed by atoms with E-state index in [2.05, 4.69) is 49.0 Å². The molecule has 1 rings (SSSR count). The van der Waals surface area contributed by atoms with E-state index in [1.807, 2.05) is 13.1 Å². The normalized spacial score (nSPS) is 16.1. The van der Waals surface area contributed by atoms with Crippen LogP contribution in [-0.2, 0) is 6.42 Å². The second-order valence-electron chi connectivity index (χ2n) is 5.52. The van der Waals surface area contributed by atoms with Crippen LogP contribution in [0.15, 0.2) is 18.3 Å². The Bertz CT molecular complexity index is 403. The molecule has 0 aliphatic rings. The highest BCUT2D eigenvalue weighted by atomic mass is 15.2. The van der Waals surface area contributed by atoms with Gasteiger partial charge in [-0.3, -0.25) is 4.90 Å². The minimum Gasteiger partial charge on any atom is -0.384 e. The van der Waals surface area contributed by atoms with Crippen LogP contribution in [0.5, 0.6) is 0 Å². The summed E-state index contributed by atoms with van der Waals surface area (Å²) >= 11 is 0. The third-order valence-corrected chi connectivity index (χ3v) is 4.59. The molecule has 3 N–H and O–H groups in total. The Morgan fingerprint density at radius 3 is 2.45 bits per heavy atom. The summed E-state index contributed by atoms with van der Waals surface area (Å²) in [7, 11) is 2.05. The van der Waals surface area contributed by atoms with Crippen LogP contribution in [0.1, 0.15) is 39.7 Å². The first-order valence-corrected chi connectivity index (χ1v) is 7.64. The molecule has 1 aromatic heterocycles. The van der Waals surface area contributed by atoms with Crippen molar-refractivity contribution < 1.29 is 0 Å². The minimum absolute atomic E-state index is 0.135. The fraction of sp³-hybridized carbons (Fsp3) is 0.688. The molecule has 2 unspecified atom stereocenters. The number of anilines is 1. The number of nitrogen functional groups attached to an aromatic ring is 1. The van der Waals surface area contributed by atoms with Gasteiger partial charge >= 0.3 is 0 Å². The lowest BCUT2D eigenvalue weighted by atomic mass is 9.83. The summed E-state index contributed by atoms with van der Waals surface area (Å²) in [5.41, 5.74) is 7.16. The fourth-order valence-corrected chi connectivity index (χ4v) is 3.13. The van der Waals surface area contributed by atoms with Gasteiger partial charge in [0.25, 0.3) is 0 Å². The Morgan fingerprint density at radius 2 is 2.00 bits per heavy atom. The molecule has 0 spiro atoms. The van der Waals surface area contributed by atoms with E-state index in [0.29, 0.717) is 11.9 Å². The zero-order valence-electron chi connectivity index (χ0n) is 13.6. The van der Waals surface area contributed by atoms with Crippen molar-refractivity contribution in [3.8, 4) is 0 Å². The van der Waals surface area contributed by atoms with E-state index in [-0.39, 0.29) is 5.54 Å². The smallest absolute Gasteiger partial charge is 0.123 e. The maximum atomic E-state index is 5.79. The first kappa shape index (κ1) is 16.9. The lowest BCUT2D eigenvalue weighted by Gasteiger charge is -2.46. The molecule has 20 heavy (non-hydrogen) atoms. The molecule has 4 nitrogen and oxygen atoms in total. The van der Waals surface area contributed by atoms with Gasteiger partial charge in [0.2, 0.25) is 0 Å². The SMILES string of the molecule is CCN(CC)C(C)(CC)C(Cc1ccnc(N)c1)NC. The summed E-state index contributed by atoms with van der Waals surface area (Å²) in [6, 6.07) is 4.41. The van der Waals surface area contributed by atoms with Crippen LogP contribution in [0.3, 0.4) is 0 Å². The third kappa shape index (κ3) is 3.70. The molecule has 4 heteroatoms. The number of nitrogens with two attached hydrogens (primary N) is 1. The quantitative estimate of drug-likeness (QED) is 0.766. The monoisotopic (exact) mass is 278 g/mol. The van der Waals surface area contributed by atoms with E-state index in [9.17, 15) is 0 Å². The van der Waals surface area contributed by atoms with E-state index in [1.165, 1.54) is 5.56 Å². The molecule has 0 saturated heterocycles. The van der Waals surface area contributed by atoms with Gasteiger partial charge in [-0.25, -0.2) is 4.98 Å². The van der Waals surface area contributed by atoms with E-state index < -0.39 is 0 Å². The van der Waals surface area contributed by atoms with Crippen molar-refractivity contribution in [2.24, 2.45) is 0 Å². The molecule has 0 aliphatic heterocycles. The van der Waals surface area contributed by atoms with Crippen LogP contribution in [0.25, 0.3) is 0 Å². The molecule has 0 fully saturated rings. The number of pyridine rings is 1. The van der Waals surface area contributed by atoms with Crippen LogP contribution < -0.4 is 11.1 Å². The molecular weight excluding hydrogens is 248 g/mol. The Kier molecular flexibility index (Phi) is 6.43. The van der Waals surface area contributed by atoms with E-state index in [0.717, 1.165) is 25.9 Å². The number of likely N-dealkylation sites (N-methyl/N-ethyl adjacent to an activating group) is 2. The van der Waals surface area contributed by atoms with Gasteiger partial charge < -0.3 is 11.1 Å². The zero-order valence-corrected chi connectivity index (χ0v) is 13.6. The van der Waals surface area contributed by atoms with Crippen LogP contribution in [0.4, 0.5) is 5.82 Å². The van der Waals surface area contributed by atoms with Crippen molar-refractivity contribution in [3.05, 3.63) is 23.9 Å². The van der Waals surface area contributed by atoms with Gasteiger partial charge in [0.05, 0.1) is 0 Å². The van der Waals surface area contributed by atoms with Crippen LogP contribution in [0.2, 0.25) is 0 Å². The molecule has 0 bridgehead atoms. The lowest BCUT2D eigenvalue weighted by Crippen LogP contribution is -2.59. The second-order valence-corrected chi connectivity index (χ2v) is 5.52. The number of hydrogen-bond acceptors (Lipinski definition) is 4. The summed E-state index contributed by atoms with van der Waals surface area (Å²) in [4.78, 5) is 6.61. The second kappa shape index (κ2) is 7.60. The number of aromatic nitrogens is 1. The van der Waals surface area contributed by atoms with Crippen molar-refractivity contribution in [3.63, 3.8) is 0 Å². The minimum atomic E-state index is 0.135. The summed E-state index contributed by atoms with van der Waals surface area (Å²) in [5.74, 6) is 0.596. The molecule has 2 atom stereocenters. The number of hydrogen-bond donors (Lipinski definition) is 2. The van der Waals surface area contributed by atoms with Crippen LogP contribution >= 0.6 is 0 Å². The summed E-state index contributed by atoms with van der Waals surface area (Å²) < 4.78 is 0. The first-order valence-electron chi connectivity index (χ1n) is 7.64. The highest BCUT2D eigenvalue weighted by molar-refractivity contribution is 5.32. The standard InChI is InChI=1S/C16H30N4/c1-6-16(4,20(7-2)8-3)14(18-5)11-13-9-10-19-15(17)12-13/h9-10,12,14,18H,6-8,11H2,1-5H3,(H2,17,19). The van der Waals surface area contributed by atoms with Gasteiger partial charge in [0, 0.05) is 17.8 Å². The van der Waals surface area contributed by atoms with Gasteiger partial charge in [-0.05, 0) is 57.6 Å². The zero-order chi connectivity index (χ0) is 15.2. The fourth-order valence-electron chi connectivity index (χ4n) is 3.13. The van der Waals surface area contributed by atoms with Crippen molar-refractivity contribution in [2.45, 2.75) is 52.1 Å². The average Bonchev–Trinajstić information content (AvgIpc) is 2.45. The predicted octanol–water partition coefficient (Wildman–Crippen LogP) is 2.30. The van der Waals surface area contributed by atoms with Gasteiger partial charge in [0.15, 0.2) is 0 Å². The Hall–Kier alpha value is -1.13. The van der Waals surface area contributed by atoms with Crippen molar-refractivity contribution in [1.82, 2.24) is 15.2 Å². The average molecular weight is 278 g/mol. The number of nitrogens with one attached hydrogen (secondary N) is 1. The molecule has 1 aromatic rings. The summed E-state index contributed by atoms with van der Waals surface area (Å²) in [6.07, 6.45) is 3.86. The largest absolute Gasteiger partial charge is 0.384 e. The number of nitrogens with zero attached hydrogens (tertiary/aromatic N) is 2. The van der Waals surface area contributed by atoms with Crippen molar-refractivity contribution in [1.29, 1.82) is 0 Å². The summed E-state index contributed by atoms with van der Waals surface area (Å²) in [6.45, 7) is 11.2. The molecule has 114 valence electrons. The topological polar surface area (TPSA) is 54.2 Å². The molecule has 0 aromatic carbocycles. The highest BCUT2D eigenvalue weighted by Crippen LogP contribution is 2.26. The molecule has 0 amide bonds. The van der Waals surface area contributed by atoms with E-state index >= 15 is 0 Å². The predicted molar refractivity (Wildman–Crippen MR) is 86.8 cm³/mol. The lowest BCUT2D eigenvalue weighted by molar-refractivity contribution is 0.0730. The first-order chi connectivity index (χ1) is 9.51. The molecule has 1 heterocycles. The highest BCUT2D eigenvalue weighted by Gasteiger charge is 2.35. The van der Waals surface area contributed by atoms with Crippen molar-refractivity contribution >= 4 is 5.82 Å². The van der Waals surface area contributed by atoms with Crippen LogP contribution in [0, 0.1) is 0 Å². The van der Waals surface area contributed by atoms with Gasteiger partial charge in [0.1, 0.15) is 5.82 Å². The number of rotatable bonds is 8. The molecule has 0 saturated carbocycles.